The Labute approximate surface area is 114 Å². The molecule has 0 fully saturated rings. The highest BCUT2D eigenvalue weighted by molar-refractivity contribution is 5.93. The van der Waals surface area contributed by atoms with Crippen LogP contribution in [0.4, 0.5) is 0 Å². The fourth-order valence-electron chi connectivity index (χ4n) is 2.44. The zero-order valence-electron chi connectivity index (χ0n) is 11.2. The van der Waals surface area contributed by atoms with Gasteiger partial charge in [-0.05, 0) is 42.0 Å². The van der Waals surface area contributed by atoms with Gasteiger partial charge in [-0.15, -0.1) is 0 Å². The van der Waals surface area contributed by atoms with E-state index in [1.54, 1.807) is 0 Å². The fourth-order valence-corrected chi connectivity index (χ4v) is 2.44. The summed E-state index contributed by atoms with van der Waals surface area (Å²) < 4.78 is 5.99. The molecular formula is C17H19NO. The van der Waals surface area contributed by atoms with Crippen molar-refractivity contribution in [2.75, 3.05) is 6.54 Å². The van der Waals surface area contributed by atoms with Gasteiger partial charge in [0.15, 0.2) is 6.23 Å². The summed E-state index contributed by atoms with van der Waals surface area (Å²) in [6.45, 7) is 3.19. The van der Waals surface area contributed by atoms with Crippen LogP contribution in [0.5, 0.6) is 5.75 Å². The normalized spacial score (nSPS) is 17.2. The van der Waals surface area contributed by atoms with Crippen LogP contribution in [0.2, 0.25) is 0 Å². The lowest BCUT2D eigenvalue weighted by Crippen LogP contribution is -2.34. The van der Waals surface area contributed by atoms with E-state index in [4.69, 9.17) is 4.74 Å². The summed E-state index contributed by atoms with van der Waals surface area (Å²) in [5.74, 6) is 0.968. The number of rotatable bonds is 4. The average molecular weight is 253 g/mol. The third-order valence-corrected chi connectivity index (χ3v) is 3.50. The molecule has 0 radical (unpaired) electrons. The molecule has 3 rings (SSSR count). The van der Waals surface area contributed by atoms with E-state index in [1.807, 2.05) is 0 Å². The molecule has 1 aliphatic heterocycles. The molecule has 0 amide bonds. The molecule has 1 aliphatic rings. The Morgan fingerprint density at radius 1 is 1.16 bits per heavy atom. The van der Waals surface area contributed by atoms with E-state index in [9.17, 15) is 0 Å². The largest absolute Gasteiger partial charge is 0.471 e. The Morgan fingerprint density at radius 3 is 2.95 bits per heavy atom. The maximum absolute atomic E-state index is 5.99. The molecule has 0 aliphatic carbocycles. The average Bonchev–Trinajstić information content (AvgIpc) is 2.47. The minimum absolute atomic E-state index is 0.000197. The first-order chi connectivity index (χ1) is 9.38. The highest BCUT2D eigenvalue weighted by Crippen LogP contribution is 2.32. The molecule has 2 heteroatoms. The third-order valence-electron chi connectivity index (χ3n) is 3.50. The maximum atomic E-state index is 5.99. The van der Waals surface area contributed by atoms with Crippen molar-refractivity contribution in [2.24, 2.45) is 0 Å². The molecule has 0 spiro atoms. The quantitative estimate of drug-likeness (QED) is 0.833. The van der Waals surface area contributed by atoms with E-state index in [0.29, 0.717) is 0 Å². The molecule has 98 valence electrons. The number of benzene rings is 2. The Balaban J connectivity index is 1.85. The second-order valence-corrected chi connectivity index (χ2v) is 4.90. The van der Waals surface area contributed by atoms with Gasteiger partial charge in [0.25, 0.3) is 0 Å². The van der Waals surface area contributed by atoms with Gasteiger partial charge in [-0.1, -0.05) is 43.7 Å². The molecule has 0 bridgehead atoms. The first kappa shape index (κ1) is 12.2. The fraction of sp³-hybridized carbons (Fsp3) is 0.294. The molecule has 19 heavy (non-hydrogen) atoms. The molecule has 1 unspecified atom stereocenters. The highest BCUT2D eigenvalue weighted by Gasteiger charge is 2.15. The predicted octanol–water partition coefficient (Wildman–Crippen LogP) is 3.96. The SMILES string of the molecule is CCCCNC1C=Cc2c(ccc3ccccc23)O1. The first-order valence-corrected chi connectivity index (χ1v) is 6.98. The summed E-state index contributed by atoms with van der Waals surface area (Å²) in [5, 5.41) is 5.91. The van der Waals surface area contributed by atoms with Crippen LogP contribution in [-0.4, -0.2) is 12.8 Å². The summed E-state index contributed by atoms with van der Waals surface area (Å²) in [5.41, 5.74) is 1.19. The van der Waals surface area contributed by atoms with E-state index < -0.39 is 0 Å². The first-order valence-electron chi connectivity index (χ1n) is 6.98. The van der Waals surface area contributed by atoms with E-state index in [-0.39, 0.29) is 6.23 Å². The van der Waals surface area contributed by atoms with Crippen LogP contribution in [0.25, 0.3) is 16.8 Å². The smallest absolute Gasteiger partial charge is 0.169 e. The number of nitrogens with one attached hydrogen (secondary N) is 1. The standard InChI is InChI=1S/C17H19NO/c1-2-3-12-18-17-11-9-15-14-7-5-4-6-13(14)8-10-16(15)19-17/h4-11,17-18H,2-3,12H2,1H3. The van der Waals surface area contributed by atoms with Crippen molar-refractivity contribution in [3.8, 4) is 5.75 Å². The highest BCUT2D eigenvalue weighted by atomic mass is 16.5. The van der Waals surface area contributed by atoms with Crippen LogP contribution in [-0.2, 0) is 0 Å². The zero-order chi connectivity index (χ0) is 13.1. The maximum Gasteiger partial charge on any atom is 0.169 e. The minimum Gasteiger partial charge on any atom is -0.471 e. The Kier molecular flexibility index (Phi) is 3.51. The van der Waals surface area contributed by atoms with Crippen molar-refractivity contribution in [1.82, 2.24) is 5.32 Å². The van der Waals surface area contributed by atoms with Crippen LogP contribution in [0, 0.1) is 0 Å². The topological polar surface area (TPSA) is 21.3 Å². The number of ether oxygens (including phenoxy) is 1. The molecular weight excluding hydrogens is 234 g/mol. The van der Waals surface area contributed by atoms with Gasteiger partial charge in [0.1, 0.15) is 5.75 Å². The van der Waals surface area contributed by atoms with Crippen molar-refractivity contribution < 1.29 is 4.74 Å². The van der Waals surface area contributed by atoms with Crippen LogP contribution in [0.3, 0.4) is 0 Å². The lowest BCUT2D eigenvalue weighted by Gasteiger charge is -2.23. The molecule has 0 aromatic heterocycles. The molecule has 2 nitrogen and oxygen atoms in total. The van der Waals surface area contributed by atoms with Crippen LogP contribution < -0.4 is 10.1 Å². The molecule has 2 aromatic carbocycles. The zero-order valence-corrected chi connectivity index (χ0v) is 11.2. The number of hydrogen-bond acceptors (Lipinski definition) is 2. The van der Waals surface area contributed by atoms with Crippen LogP contribution in [0.1, 0.15) is 25.3 Å². The van der Waals surface area contributed by atoms with E-state index in [2.05, 4.69) is 60.8 Å². The van der Waals surface area contributed by atoms with Gasteiger partial charge < -0.3 is 4.74 Å². The van der Waals surface area contributed by atoms with Gasteiger partial charge in [0.2, 0.25) is 0 Å². The van der Waals surface area contributed by atoms with Gasteiger partial charge in [0.05, 0.1) is 0 Å². The van der Waals surface area contributed by atoms with E-state index in [1.165, 1.54) is 29.2 Å². The van der Waals surface area contributed by atoms with Crippen LogP contribution in [0.15, 0.2) is 42.5 Å². The van der Waals surface area contributed by atoms with Gasteiger partial charge in [-0.3, -0.25) is 5.32 Å². The third kappa shape index (κ3) is 2.49. The summed E-state index contributed by atoms with van der Waals surface area (Å²) in [6.07, 6.45) is 6.65. The van der Waals surface area contributed by atoms with E-state index >= 15 is 0 Å². The number of hydrogen-bond donors (Lipinski definition) is 1. The van der Waals surface area contributed by atoms with Crippen molar-refractivity contribution >= 4 is 16.8 Å². The summed E-state index contributed by atoms with van der Waals surface area (Å²) in [7, 11) is 0. The second kappa shape index (κ2) is 5.45. The lowest BCUT2D eigenvalue weighted by atomic mass is 10.0. The number of unbranched alkanes of at least 4 members (excludes halogenated alkanes) is 1. The van der Waals surface area contributed by atoms with Gasteiger partial charge in [-0.25, -0.2) is 0 Å². The Bertz CT molecular complexity index is 603. The van der Waals surface area contributed by atoms with Crippen molar-refractivity contribution in [2.45, 2.75) is 26.0 Å². The summed E-state index contributed by atoms with van der Waals surface area (Å²) in [4.78, 5) is 0. The second-order valence-electron chi connectivity index (χ2n) is 4.90. The van der Waals surface area contributed by atoms with E-state index in [0.717, 1.165) is 12.3 Å². The van der Waals surface area contributed by atoms with Gasteiger partial charge >= 0.3 is 0 Å². The predicted molar refractivity (Wildman–Crippen MR) is 80.3 cm³/mol. The van der Waals surface area contributed by atoms with Gasteiger partial charge in [0, 0.05) is 5.56 Å². The van der Waals surface area contributed by atoms with Crippen molar-refractivity contribution in [3.05, 3.63) is 48.0 Å². The lowest BCUT2D eigenvalue weighted by molar-refractivity contribution is 0.207. The molecule has 1 N–H and O–H groups in total. The Morgan fingerprint density at radius 2 is 2.05 bits per heavy atom. The van der Waals surface area contributed by atoms with Crippen molar-refractivity contribution in [3.63, 3.8) is 0 Å². The number of fused-ring (bicyclic) bond motifs is 3. The Hall–Kier alpha value is -1.80. The van der Waals surface area contributed by atoms with Crippen LogP contribution >= 0.6 is 0 Å². The van der Waals surface area contributed by atoms with Crippen molar-refractivity contribution in [1.29, 1.82) is 0 Å². The summed E-state index contributed by atoms with van der Waals surface area (Å²) in [6, 6.07) is 12.6. The monoisotopic (exact) mass is 253 g/mol. The van der Waals surface area contributed by atoms with Gasteiger partial charge in [-0.2, -0.15) is 0 Å². The molecule has 2 aromatic rings. The molecule has 1 atom stereocenters. The molecule has 0 saturated heterocycles. The minimum atomic E-state index is 0.000197. The summed E-state index contributed by atoms with van der Waals surface area (Å²) >= 11 is 0. The molecule has 1 heterocycles. The molecule has 0 saturated carbocycles.